The Morgan fingerprint density at radius 2 is 2.24 bits per heavy atom. The van der Waals surface area contributed by atoms with Gasteiger partial charge in [-0.1, -0.05) is 18.0 Å². The first kappa shape index (κ1) is 16.0. The lowest BCUT2D eigenvalue weighted by atomic mass is 9.69. The van der Waals surface area contributed by atoms with E-state index in [0.29, 0.717) is 18.9 Å². The van der Waals surface area contributed by atoms with Crippen molar-refractivity contribution in [1.29, 1.82) is 0 Å². The van der Waals surface area contributed by atoms with Gasteiger partial charge in [0.15, 0.2) is 6.61 Å². The van der Waals surface area contributed by atoms with Crippen molar-refractivity contribution in [2.24, 2.45) is 5.41 Å². The molecule has 0 atom stereocenters. The number of carbonyl (C=O) groups excluding carboxylic acids is 1. The van der Waals surface area contributed by atoms with E-state index in [0.717, 1.165) is 12.8 Å². The number of hydrogen-bond acceptors (Lipinski definition) is 3. The molecule has 0 aromatic heterocycles. The summed E-state index contributed by atoms with van der Waals surface area (Å²) in [5, 5.41) is 2.83. The zero-order valence-electron chi connectivity index (χ0n) is 12.0. The molecule has 1 aliphatic rings. The molecule has 21 heavy (non-hydrogen) atoms. The van der Waals surface area contributed by atoms with Crippen molar-refractivity contribution in [1.82, 2.24) is 5.32 Å². The molecule has 6 heteroatoms. The quantitative estimate of drug-likeness (QED) is 0.841. The summed E-state index contributed by atoms with van der Waals surface area (Å²) in [4.78, 5) is 11.8. The molecule has 0 bridgehead atoms. The molecule has 1 saturated carbocycles. The highest BCUT2D eigenvalue weighted by atomic mass is 35.5. The molecule has 1 aliphatic carbocycles. The van der Waals surface area contributed by atoms with Gasteiger partial charge in [0, 0.05) is 25.1 Å². The topological polar surface area (TPSA) is 47.6 Å². The van der Waals surface area contributed by atoms with Crippen LogP contribution in [0.1, 0.15) is 19.3 Å². The highest BCUT2D eigenvalue weighted by Crippen LogP contribution is 2.40. The van der Waals surface area contributed by atoms with Crippen molar-refractivity contribution in [2.45, 2.75) is 19.3 Å². The van der Waals surface area contributed by atoms with Crippen LogP contribution in [0.2, 0.25) is 5.02 Å². The predicted octanol–water partition coefficient (Wildman–Crippen LogP) is 2.79. The Hall–Kier alpha value is -1.33. The van der Waals surface area contributed by atoms with Gasteiger partial charge in [0.2, 0.25) is 0 Å². The largest absolute Gasteiger partial charge is 0.484 e. The number of methoxy groups -OCH3 is 1. The fraction of sp³-hybridized carbons (Fsp3) is 0.533. The molecule has 0 spiro atoms. The van der Waals surface area contributed by atoms with Crippen LogP contribution in [0.3, 0.4) is 0 Å². The zero-order chi connectivity index (χ0) is 15.3. The zero-order valence-corrected chi connectivity index (χ0v) is 12.7. The average molecular weight is 316 g/mol. The Balaban J connectivity index is 1.75. The maximum atomic E-state index is 13.0. The molecule has 1 N–H and O–H groups in total. The fourth-order valence-electron chi connectivity index (χ4n) is 2.41. The Morgan fingerprint density at radius 3 is 2.81 bits per heavy atom. The summed E-state index contributed by atoms with van der Waals surface area (Å²) in [5.41, 5.74) is 0.0730. The minimum absolute atomic E-state index is 0.0265. The van der Waals surface area contributed by atoms with Gasteiger partial charge in [-0.05, 0) is 25.0 Å². The summed E-state index contributed by atoms with van der Waals surface area (Å²) in [6, 6.07) is 3.99. The molecule has 1 amide bonds. The summed E-state index contributed by atoms with van der Waals surface area (Å²) < 4.78 is 23.5. The van der Waals surface area contributed by atoms with Crippen molar-refractivity contribution < 1.29 is 18.7 Å². The lowest BCUT2D eigenvalue weighted by Gasteiger charge is -2.41. The molecule has 2 rings (SSSR count). The van der Waals surface area contributed by atoms with Crippen molar-refractivity contribution in [3.8, 4) is 5.75 Å². The number of ether oxygens (including phenoxy) is 2. The van der Waals surface area contributed by atoms with Gasteiger partial charge >= 0.3 is 0 Å². The maximum Gasteiger partial charge on any atom is 0.257 e. The summed E-state index contributed by atoms with van der Waals surface area (Å²) in [6.07, 6.45) is 3.30. The third-order valence-corrected chi connectivity index (χ3v) is 4.08. The fourth-order valence-corrected chi connectivity index (χ4v) is 2.58. The second-order valence-electron chi connectivity index (χ2n) is 5.43. The molecule has 0 aliphatic heterocycles. The predicted molar refractivity (Wildman–Crippen MR) is 78.1 cm³/mol. The van der Waals surface area contributed by atoms with Crippen molar-refractivity contribution in [3.63, 3.8) is 0 Å². The van der Waals surface area contributed by atoms with Crippen molar-refractivity contribution >= 4 is 17.5 Å². The number of carbonyl (C=O) groups is 1. The molecule has 0 heterocycles. The van der Waals surface area contributed by atoms with Crippen molar-refractivity contribution in [2.75, 3.05) is 26.9 Å². The van der Waals surface area contributed by atoms with Crippen LogP contribution in [-0.2, 0) is 9.53 Å². The van der Waals surface area contributed by atoms with E-state index in [1.807, 2.05) is 0 Å². The third-order valence-electron chi connectivity index (χ3n) is 3.79. The van der Waals surface area contributed by atoms with E-state index < -0.39 is 5.82 Å². The Bertz CT molecular complexity index is 506. The molecule has 0 unspecified atom stereocenters. The first-order valence-electron chi connectivity index (χ1n) is 6.88. The summed E-state index contributed by atoms with van der Waals surface area (Å²) in [5.74, 6) is -0.357. The molecule has 4 nitrogen and oxygen atoms in total. The van der Waals surface area contributed by atoms with Crippen LogP contribution in [0.5, 0.6) is 5.75 Å². The Kier molecular flexibility index (Phi) is 5.42. The van der Waals surface area contributed by atoms with Gasteiger partial charge in [-0.3, -0.25) is 4.79 Å². The van der Waals surface area contributed by atoms with Crippen LogP contribution >= 0.6 is 11.6 Å². The molecule has 1 aromatic carbocycles. The molecule has 1 fully saturated rings. The highest BCUT2D eigenvalue weighted by Gasteiger charge is 2.37. The Labute approximate surface area is 128 Å². The smallest absolute Gasteiger partial charge is 0.257 e. The first-order chi connectivity index (χ1) is 10.0. The van der Waals surface area contributed by atoms with Gasteiger partial charge in [-0.2, -0.15) is 0 Å². The lowest BCUT2D eigenvalue weighted by Crippen LogP contribution is -2.46. The maximum absolute atomic E-state index is 13.0. The summed E-state index contributed by atoms with van der Waals surface area (Å²) in [7, 11) is 1.67. The standard InChI is InChI=1S/C15H19ClFNO3/c1-20-10-15(5-2-6-15)9-18-14(19)8-21-11-3-4-13(17)12(16)7-11/h3-4,7H,2,5-6,8-10H2,1H3,(H,18,19). The molecule has 1 aromatic rings. The van der Waals surface area contributed by atoms with E-state index in [4.69, 9.17) is 21.1 Å². The van der Waals surface area contributed by atoms with Crippen LogP contribution in [0.15, 0.2) is 18.2 Å². The second-order valence-corrected chi connectivity index (χ2v) is 5.84. The van der Waals surface area contributed by atoms with Gasteiger partial charge in [-0.25, -0.2) is 4.39 Å². The molecule has 0 saturated heterocycles. The third kappa shape index (κ3) is 4.32. The van der Waals surface area contributed by atoms with Gasteiger partial charge in [0.05, 0.1) is 11.6 Å². The number of halogens is 2. The lowest BCUT2D eigenvalue weighted by molar-refractivity contribution is -0.124. The number of amides is 1. The van der Waals surface area contributed by atoms with Crippen LogP contribution < -0.4 is 10.1 Å². The van der Waals surface area contributed by atoms with E-state index in [2.05, 4.69) is 5.32 Å². The minimum atomic E-state index is -0.514. The minimum Gasteiger partial charge on any atom is -0.484 e. The Morgan fingerprint density at radius 1 is 1.48 bits per heavy atom. The monoisotopic (exact) mass is 315 g/mol. The second kappa shape index (κ2) is 7.09. The number of rotatable bonds is 7. The summed E-state index contributed by atoms with van der Waals surface area (Å²) in [6.45, 7) is 1.12. The van der Waals surface area contributed by atoms with Crippen LogP contribution in [0.4, 0.5) is 4.39 Å². The first-order valence-corrected chi connectivity index (χ1v) is 7.26. The van der Waals surface area contributed by atoms with Gasteiger partial charge in [0.1, 0.15) is 11.6 Å². The number of hydrogen-bond donors (Lipinski definition) is 1. The van der Waals surface area contributed by atoms with E-state index in [-0.39, 0.29) is 23.0 Å². The number of benzene rings is 1. The van der Waals surface area contributed by atoms with Gasteiger partial charge in [-0.15, -0.1) is 0 Å². The van der Waals surface area contributed by atoms with Gasteiger partial charge in [0.25, 0.3) is 5.91 Å². The van der Waals surface area contributed by atoms with Crippen LogP contribution in [0, 0.1) is 11.2 Å². The normalized spacial score (nSPS) is 16.1. The molecular formula is C15H19ClFNO3. The molecule has 116 valence electrons. The van der Waals surface area contributed by atoms with Crippen LogP contribution in [0.25, 0.3) is 0 Å². The van der Waals surface area contributed by atoms with E-state index in [9.17, 15) is 9.18 Å². The summed E-state index contributed by atoms with van der Waals surface area (Å²) >= 11 is 5.64. The van der Waals surface area contributed by atoms with E-state index in [1.165, 1.54) is 24.6 Å². The molecule has 0 radical (unpaired) electrons. The van der Waals surface area contributed by atoms with Gasteiger partial charge < -0.3 is 14.8 Å². The average Bonchev–Trinajstić information content (AvgIpc) is 2.43. The van der Waals surface area contributed by atoms with E-state index >= 15 is 0 Å². The molecular weight excluding hydrogens is 297 g/mol. The SMILES string of the molecule is COCC1(CNC(=O)COc2ccc(F)c(Cl)c2)CCC1. The number of nitrogens with one attached hydrogen (secondary N) is 1. The van der Waals surface area contributed by atoms with E-state index in [1.54, 1.807) is 7.11 Å². The van der Waals surface area contributed by atoms with Crippen LogP contribution in [-0.4, -0.2) is 32.8 Å². The van der Waals surface area contributed by atoms with Crippen molar-refractivity contribution in [3.05, 3.63) is 29.0 Å². The highest BCUT2D eigenvalue weighted by molar-refractivity contribution is 6.30.